The van der Waals surface area contributed by atoms with E-state index in [2.05, 4.69) is 25.7 Å². The highest BCUT2D eigenvalue weighted by Gasteiger charge is 2.27. The third-order valence-electron chi connectivity index (χ3n) is 4.44. The summed E-state index contributed by atoms with van der Waals surface area (Å²) in [7, 11) is 0. The van der Waals surface area contributed by atoms with Crippen LogP contribution in [0.4, 0.5) is 5.69 Å². The van der Waals surface area contributed by atoms with Crippen LogP contribution in [-0.2, 0) is 0 Å². The van der Waals surface area contributed by atoms with Crippen molar-refractivity contribution in [2.24, 2.45) is 0 Å². The fourth-order valence-electron chi connectivity index (χ4n) is 3.31. The largest absolute Gasteiger partial charge is 0.508 e. The zero-order valence-corrected chi connectivity index (χ0v) is 12.6. The lowest BCUT2D eigenvalue weighted by Gasteiger charge is -2.19. The molecule has 2 aromatic carbocycles. The number of para-hydroxylation sites is 1. The van der Waals surface area contributed by atoms with Crippen molar-refractivity contribution < 1.29 is 5.11 Å². The maximum atomic E-state index is 9.58. The van der Waals surface area contributed by atoms with Gasteiger partial charge in [0.05, 0.1) is 11.4 Å². The van der Waals surface area contributed by atoms with Gasteiger partial charge in [0.25, 0.3) is 0 Å². The van der Waals surface area contributed by atoms with Crippen LogP contribution in [0.25, 0.3) is 22.3 Å². The normalized spacial score (nSPS) is 15.6. The Bertz CT molecular complexity index is 1050. The number of hydrogen-bond acceptors (Lipinski definition) is 5. The summed E-state index contributed by atoms with van der Waals surface area (Å²) in [6.07, 6.45) is 1.95. The van der Waals surface area contributed by atoms with Gasteiger partial charge in [-0.15, -0.1) is 10.2 Å². The van der Waals surface area contributed by atoms with Crippen LogP contribution in [-0.4, -0.2) is 25.5 Å². The Morgan fingerprint density at radius 3 is 2.67 bits per heavy atom. The molecular formula is C18H13N5O. The predicted molar refractivity (Wildman–Crippen MR) is 90.7 cm³/mol. The monoisotopic (exact) mass is 315 g/mol. The van der Waals surface area contributed by atoms with Crippen molar-refractivity contribution in [3.8, 4) is 17.0 Å². The van der Waals surface area contributed by atoms with Gasteiger partial charge in [0.1, 0.15) is 11.4 Å². The second kappa shape index (κ2) is 4.79. The van der Waals surface area contributed by atoms with E-state index in [-0.39, 0.29) is 11.8 Å². The number of aromatic hydroxyl groups is 1. The molecule has 4 aromatic rings. The molecule has 24 heavy (non-hydrogen) atoms. The van der Waals surface area contributed by atoms with Crippen molar-refractivity contribution in [1.29, 1.82) is 0 Å². The van der Waals surface area contributed by atoms with E-state index < -0.39 is 0 Å². The number of H-pyrrole nitrogens is 1. The van der Waals surface area contributed by atoms with Gasteiger partial charge in [-0.1, -0.05) is 30.3 Å². The first kappa shape index (κ1) is 13.1. The molecule has 0 fully saturated rings. The Morgan fingerprint density at radius 1 is 0.958 bits per heavy atom. The van der Waals surface area contributed by atoms with Crippen molar-refractivity contribution in [1.82, 2.24) is 20.4 Å². The predicted octanol–water partition coefficient (Wildman–Crippen LogP) is 3.24. The number of nitrogens with zero attached hydrogens (tertiary/aromatic N) is 3. The van der Waals surface area contributed by atoms with Gasteiger partial charge >= 0.3 is 0 Å². The topological polar surface area (TPSA) is 86.7 Å². The average Bonchev–Trinajstić information content (AvgIpc) is 2.98. The quantitative estimate of drug-likeness (QED) is 0.502. The Hall–Kier alpha value is -3.41. The summed E-state index contributed by atoms with van der Waals surface area (Å²) in [5.41, 5.74) is 5.64. The molecule has 2 aromatic heterocycles. The van der Waals surface area contributed by atoms with Gasteiger partial charge in [-0.25, -0.2) is 0 Å². The van der Waals surface area contributed by atoms with E-state index in [4.69, 9.17) is 0 Å². The summed E-state index contributed by atoms with van der Waals surface area (Å²) < 4.78 is 0. The van der Waals surface area contributed by atoms with Crippen molar-refractivity contribution in [3.05, 3.63) is 65.9 Å². The molecule has 0 aliphatic carbocycles. The van der Waals surface area contributed by atoms with E-state index in [1.807, 2.05) is 42.6 Å². The number of fused-ring (bicyclic) bond motifs is 2. The smallest absolute Gasteiger partial charge is 0.164 e. The minimum Gasteiger partial charge on any atom is -0.508 e. The van der Waals surface area contributed by atoms with Crippen LogP contribution >= 0.6 is 0 Å². The molecule has 1 unspecified atom stereocenters. The summed E-state index contributed by atoms with van der Waals surface area (Å²) in [6.45, 7) is 0. The van der Waals surface area contributed by atoms with E-state index in [9.17, 15) is 5.11 Å². The van der Waals surface area contributed by atoms with Crippen LogP contribution in [0.2, 0.25) is 0 Å². The first-order chi connectivity index (χ1) is 11.8. The highest BCUT2D eigenvalue weighted by molar-refractivity contribution is 5.98. The molecule has 3 heterocycles. The zero-order chi connectivity index (χ0) is 16.1. The lowest BCUT2D eigenvalue weighted by atomic mass is 9.99. The summed E-state index contributed by atoms with van der Waals surface area (Å²) in [4.78, 5) is 3.19. The first-order valence-corrected chi connectivity index (χ1v) is 7.66. The van der Waals surface area contributed by atoms with Crippen LogP contribution in [0, 0.1) is 0 Å². The first-order valence-electron chi connectivity index (χ1n) is 7.66. The second-order valence-corrected chi connectivity index (χ2v) is 5.82. The second-order valence-electron chi connectivity index (χ2n) is 5.82. The fourth-order valence-corrected chi connectivity index (χ4v) is 3.31. The summed E-state index contributed by atoms with van der Waals surface area (Å²) in [5.74, 6) is 0.250. The Kier molecular flexibility index (Phi) is 2.61. The number of benzene rings is 2. The minimum atomic E-state index is -0.0762. The van der Waals surface area contributed by atoms with Crippen LogP contribution in [0.15, 0.2) is 54.7 Å². The van der Waals surface area contributed by atoms with E-state index in [0.29, 0.717) is 0 Å². The fraction of sp³-hybridized carbons (Fsp3) is 0.0556. The van der Waals surface area contributed by atoms with Gasteiger partial charge in [-0.2, -0.15) is 0 Å². The number of aromatic amines is 1. The van der Waals surface area contributed by atoms with Crippen molar-refractivity contribution in [2.75, 3.05) is 5.32 Å². The molecule has 0 radical (unpaired) electrons. The zero-order valence-electron chi connectivity index (χ0n) is 12.6. The molecule has 0 bridgehead atoms. The number of anilines is 1. The number of nitrogens with one attached hydrogen (secondary N) is 2. The maximum Gasteiger partial charge on any atom is 0.164 e. The van der Waals surface area contributed by atoms with Crippen LogP contribution in [0.3, 0.4) is 0 Å². The molecule has 116 valence electrons. The van der Waals surface area contributed by atoms with E-state index in [0.717, 1.165) is 39.1 Å². The molecule has 0 spiro atoms. The van der Waals surface area contributed by atoms with E-state index in [1.54, 1.807) is 12.1 Å². The minimum absolute atomic E-state index is 0.0762. The lowest BCUT2D eigenvalue weighted by molar-refractivity contribution is 0.475. The molecule has 1 atom stereocenters. The standard InChI is InChI=1S/C18H13N5O/c24-11-7-5-10(6-8-11)16-13-9-19-18-15(13)17(21-23-22-18)12-3-1-2-4-14(12)20-16/h1-9,16,20,24H,(H,19,21,22). The van der Waals surface area contributed by atoms with Gasteiger partial charge in [0.15, 0.2) is 5.65 Å². The van der Waals surface area contributed by atoms with Crippen LogP contribution < -0.4 is 5.32 Å². The number of aromatic nitrogens is 4. The highest BCUT2D eigenvalue weighted by Crippen LogP contribution is 2.42. The molecule has 0 saturated heterocycles. The van der Waals surface area contributed by atoms with Crippen molar-refractivity contribution in [2.45, 2.75) is 6.04 Å². The molecule has 5 rings (SSSR count). The summed E-state index contributed by atoms with van der Waals surface area (Å²) in [6, 6.07) is 15.2. The molecule has 6 heteroatoms. The van der Waals surface area contributed by atoms with Crippen LogP contribution in [0.5, 0.6) is 5.75 Å². The molecule has 1 aliphatic rings. The molecule has 0 amide bonds. The van der Waals surface area contributed by atoms with Gasteiger partial charge < -0.3 is 15.4 Å². The maximum absolute atomic E-state index is 9.58. The van der Waals surface area contributed by atoms with Crippen molar-refractivity contribution in [3.63, 3.8) is 0 Å². The molecule has 1 aliphatic heterocycles. The summed E-state index contributed by atoms with van der Waals surface area (Å²) >= 11 is 0. The lowest BCUT2D eigenvalue weighted by Crippen LogP contribution is -2.11. The highest BCUT2D eigenvalue weighted by atomic mass is 16.3. The van der Waals surface area contributed by atoms with Gasteiger partial charge in [0, 0.05) is 23.0 Å². The SMILES string of the molecule is Oc1ccc(C2Nc3ccccc3-c3nnnc4[nH]cc2c34)cc1. The third-order valence-corrected chi connectivity index (χ3v) is 4.44. The number of phenols is 1. The Morgan fingerprint density at radius 2 is 1.79 bits per heavy atom. The van der Waals surface area contributed by atoms with Gasteiger partial charge in [0.2, 0.25) is 0 Å². The molecular weight excluding hydrogens is 302 g/mol. The summed E-state index contributed by atoms with van der Waals surface area (Å²) in [5, 5.41) is 26.4. The third kappa shape index (κ3) is 1.80. The Balaban J connectivity index is 1.83. The average molecular weight is 315 g/mol. The molecule has 0 saturated carbocycles. The number of phenolic OH excluding ortho intramolecular Hbond substituents is 1. The van der Waals surface area contributed by atoms with Crippen molar-refractivity contribution >= 4 is 16.7 Å². The van der Waals surface area contributed by atoms with E-state index in [1.165, 1.54) is 0 Å². The van der Waals surface area contributed by atoms with Gasteiger partial charge in [-0.05, 0) is 29.0 Å². The van der Waals surface area contributed by atoms with Gasteiger partial charge in [-0.3, -0.25) is 0 Å². The van der Waals surface area contributed by atoms with Crippen LogP contribution in [0.1, 0.15) is 17.2 Å². The molecule has 3 N–H and O–H groups in total. The molecule has 6 nitrogen and oxygen atoms in total. The van der Waals surface area contributed by atoms with E-state index >= 15 is 0 Å². The number of hydrogen-bond donors (Lipinski definition) is 3. The number of rotatable bonds is 1. The Labute approximate surface area is 137 Å².